The summed E-state index contributed by atoms with van der Waals surface area (Å²) < 4.78 is 20.6. The van der Waals surface area contributed by atoms with Gasteiger partial charge in [0.15, 0.2) is 5.78 Å². The minimum absolute atomic E-state index is 0.0580. The van der Waals surface area contributed by atoms with E-state index in [-0.39, 0.29) is 10.8 Å². The molecule has 0 N–H and O–H groups in total. The highest BCUT2D eigenvalue weighted by molar-refractivity contribution is 7.22. The topological polar surface area (TPSA) is 29.5 Å². The van der Waals surface area contributed by atoms with Crippen molar-refractivity contribution in [3.8, 4) is 16.2 Å². The number of benzene rings is 3. The Hall–Kier alpha value is -2.73. The van der Waals surface area contributed by atoms with Gasteiger partial charge in [-0.3, -0.25) is 9.69 Å². The molecule has 0 amide bonds. The van der Waals surface area contributed by atoms with Gasteiger partial charge < -0.3 is 4.74 Å². The van der Waals surface area contributed by atoms with Gasteiger partial charge in [-0.15, -0.1) is 11.3 Å². The first-order chi connectivity index (χ1) is 16.1. The maximum Gasteiger partial charge on any atom is 0.195 e. The standard InChI is InChI=1S/C27H23ClFNO2S/c28-22-17-19(9-12-23(22)29)26(31)25-21-5-1-2-6-24(21)33-27(25)18-7-10-20(11-8-18)32-16-15-30-13-3-4-14-30/h1-2,5-12,17H,3-4,13-16H2. The van der Waals surface area contributed by atoms with Gasteiger partial charge in [0, 0.05) is 32.6 Å². The molecule has 1 aliphatic rings. The van der Waals surface area contributed by atoms with Crippen molar-refractivity contribution in [2.45, 2.75) is 12.8 Å². The Labute approximate surface area is 201 Å². The predicted molar refractivity (Wildman–Crippen MR) is 133 cm³/mol. The SMILES string of the molecule is O=C(c1ccc(F)c(Cl)c1)c1c(-c2ccc(OCCN3CCCC3)cc2)sc2ccccc12. The summed E-state index contributed by atoms with van der Waals surface area (Å²) in [5.41, 5.74) is 1.92. The van der Waals surface area contributed by atoms with Gasteiger partial charge in [0.25, 0.3) is 0 Å². The molecule has 2 heterocycles. The number of ether oxygens (including phenoxy) is 1. The Balaban J connectivity index is 1.44. The highest BCUT2D eigenvalue weighted by Gasteiger charge is 2.22. The lowest BCUT2D eigenvalue weighted by Crippen LogP contribution is -2.25. The van der Waals surface area contributed by atoms with Gasteiger partial charge in [0.05, 0.1) is 5.02 Å². The number of rotatable bonds is 7. The second-order valence-corrected chi connectivity index (χ2v) is 9.64. The van der Waals surface area contributed by atoms with Crippen molar-refractivity contribution < 1.29 is 13.9 Å². The lowest BCUT2D eigenvalue weighted by molar-refractivity contribution is 0.104. The minimum atomic E-state index is -0.538. The lowest BCUT2D eigenvalue weighted by Gasteiger charge is -2.15. The van der Waals surface area contributed by atoms with E-state index in [0.29, 0.717) is 17.7 Å². The zero-order chi connectivity index (χ0) is 22.8. The molecule has 4 aromatic rings. The van der Waals surface area contributed by atoms with E-state index in [1.807, 2.05) is 48.5 Å². The lowest BCUT2D eigenvalue weighted by atomic mass is 9.97. The summed E-state index contributed by atoms with van der Waals surface area (Å²) in [5, 5.41) is 0.825. The highest BCUT2D eigenvalue weighted by Crippen LogP contribution is 2.40. The first-order valence-electron chi connectivity index (χ1n) is 11.1. The van der Waals surface area contributed by atoms with Crippen molar-refractivity contribution in [2.75, 3.05) is 26.2 Å². The molecule has 3 nitrogen and oxygen atoms in total. The van der Waals surface area contributed by atoms with Crippen molar-refractivity contribution in [3.05, 3.63) is 88.7 Å². The van der Waals surface area contributed by atoms with Crippen LogP contribution in [0.2, 0.25) is 5.02 Å². The molecule has 0 saturated carbocycles. The fraction of sp³-hybridized carbons (Fsp3) is 0.222. The summed E-state index contributed by atoms with van der Waals surface area (Å²) in [5.74, 6) is 0.108. The molecular formula is C27H23ClFNO2S. The van der Waals surface area contributed by atoms with Crippen LogP contribution in [-0.4, -0.2) is 36.9 Å². The number of carbonyl (C=O) groups is 1. The van der Waals surface area contributed by atoms with Gasteiger partial charge in [0.2, 0.25) is 0 Å². The molecule has 0 unspecified atom stereocenters. The monoisotopic (exact) mass is 479 g/mol. The zero-order valence-electron chi connectivity index (χ0n) is 18.0. The Kier molecular flexibility index (Phi) is 6.45. The van der Waals surface area contributed by atoms with Gasteiger partial charge in [0.1, 0.15) is 18.2 Å². The Morgan fingerprint density at radius 2 is 1.79 bits per heavy atom. The largest absolute Gasteiger partial charge is 0.492 e. The van der Waals surface area contributed by atoms with Crippen LogP contribution in [0.15, 0.2) is 66.7 Å². The van der Waals surface area contributed by atoms with Crippen molar-refractivity contribution >= 4 is 38.8 Å². The number of halogens is 2. The quantitative estimate of drug-likeness (QED) is 0.265. The van der Waals surface area contributed by atoms with Crippen LogP contribution in [0.4, 0.5) is 4.39 Å². The third-order valence-corrected chi connectivity index (χ3v) is 7.51. The summed E-state index contributed by atoms with van der Waals surface area (Å²) in [7, 11) is 0. The van der Waals surface area contributed by atoms with E-state index >= 15 is 0 Å². The van der Waals surface area contributed by atoms with Crippen LogP contribution in [0.3, 0.4) is 0 Å². The Morgan fingerprint density at radius 1 is 1.03 bits per heavy atom. The number of hydrogen-bond donors (Lipinski definition) is 0. The van der Waals surface area contributed by atoms with Crippen LogP contribution in [0.5, 0.6) is 5.75 Å². The maximum atomic E-state index is 13.7. The number of nitrogens with zero attached hydrogens (tertiary/aromatic N) is 1. The van der Waals surface area contributed by atoms with Crippen LogP contribution in [0.1, 0.15) is 28.8 Å². The molecule has 1 fully saturated rings. The molecule has 1 aromatic heterocycles. The smallest absolute Gasteiger partial charge is 0.195 e. The van der Waals surface area contributed by atoms with Gasteiger partial charge in [-0.2, -0.15) is 0 Å². The first-order valence-corrected chi connectivity index (χ1v) is 12.3. The molecule has 3 aromatic carbocycles. The number of fused-ring (bicyclic) bond motifs is 1. The average molecular weight is 480 g/mol. The van der Waals surface area contributed by atoms with Crippen LogP contribution >= 0.6 is 22.9 Å². The van der Waals surface area contributed by atoms with Crippen LogP contribution in [-0.2, 0) is 0 Å². The number of carbonyl (C=O) groups excluding carboxylic acids is 1. The molecule has 0 radical (unpaired) electrons. The molecule has 0 atom stereocenters. The molecule has 168 valence electrons. The molecule has 33 heavy (non-hydrogen) atoms. The summed E-state index contributed by atoms with van der Waals surface area (Å²) >= 11 is 7.53. The van der Waals surface area contributed by atoms with Crippen molar-refractivity contribution in [1.82, 2.24) is 4.90 Å². The zero-order valence-corrected chi connectivity index (χ0v) is 19.6. The molecule has 0 bridgehead atoms. The second-order valence-electron chi connectivity index (χ2n) is 8.18. The molecule has 5 rings (SSSR count). The number of hydrogen-bond acceptors (Lipinski definition) is 4. The Morgan fingerprint density at radius 3 is 2.55 bits per heavy atom. The number of thiophene rings is 1. The van der Waals surface area contributed by atoms with E-state index in [0.717, 1.165) is 45.9 Å². The van der Waals surface area contributed by atoms with Crippen LogP contribution in [0.25, 0.3) is 20.5 Å². The van der Waals surface area contributed by atoms with E-state index in [1.54, 1.807) is 11.3 Å². The molecule has 0 aliphatic carbocycles. The van der Waals surface area contributed by atoms with Crippen molar-refractivity contribution in [3.63, 3.8) is 0 Å². The molecule has 1 saturated heterocycles. The van der Waals surface area contributed by atoms with Gasteiger partial charge >= 0.3 is 0 Å². The summed E-state index contributed by atoms with van der Waals surface area (Å²) in [6.45, 7) is 3.92. The van der Waals surface area contributed by atoms with Crippen LogP contribution < -0.4 is 4.74 Å². The number of ketones is 1. The molecule has 1 aliphatic heterocycles. The van der Waals surface area contributed by atoms with Crippen molar-refractivity contribution in [2.24, 2.45) is 0 Å². The van der Waals surface area contributed by atoms with E-state index in [1.165, 1.54) is 31.0 Å². The summed E-state index contributed by atoms with van der Waals surface area (Å²) in [6, 6.07) is 19.8. The Bertz CT molecular complexity index is 1300. The van der Waals surface area contributed by atoms with Gasteiger partial charge in [-0.1, -0.05) is 29.8 Å². The minimum Gasteiger partial charge on any atom is -0.492 e. The van der Waals surface area contributed by atoms with E-state index < -0.39 is 5.82 Å². The third-order valence-electron chi connectivity index (χ3n) is 6.00. The van der Waals surface area contributed by atoms with Gasteiger partial charge in [-0.05, 0) is 80.0 Å². The molecule has 6 heteroatoms. The van der Waals surface area contributed by atoms with E-state index in [4.69, 9.17) is 16.3 Å². The highest BCUT2D eigenvalue weighted by atomic mass is 35.5. The fourth-order valence-electron chi connectivity index (χ4n) is 4.26. The van der Waals surface area contributed by atoms with E-state index in [2.05, 4.69) is 4.90 Å². The summed E-state index contributed by atoms with van der Waals surface area (Å²) in [4.78, 5) is 16.8. The average Bonchev–Trinajstić information content (AvgIpc) is 3.49. The second kappa shape index (κ2) is 9.64. The van der Waals surface area contributed by atoms with Crippen LogP contribution in [0, 0.1) is 5.82 Å². The van der Waals surface area contributed by atoms with Gasteiger partial charge in [-0.25, -0.2) is 4.39 Å². The number of likely N-dealkylation sites (tertiary alicyclic amines) is 1. The summed E-state index contributed by atoms with van der Waals surface area (Å²) in [6.07, 6.45) is 2.55. The predicted octanol–water partition coefficient (Wildman–Crippen LogP) is 7.07. The van der Waals surface area contributed by atoms with Crippen molar-refractivity contribution in [1.29, 1.82) is 0 Å². The maximum absolute atomic E-state index is 13.7. The first kappa shape index (κ1) is 22.1. The fourth-order valence-corrected chi connectivity index (χ4v) is 5.64. The van der Waals surface area contributed by atoms with E-state index in [9.17, 15) is 9.18 Å². The third kappa shape index (κ3) is 4.67. The molecule has 0 spiro atoms. The molecular weight excluding hydrogens is 457 g/mol. The normalized spacial score (nSPS) is 14.1.